The van der Waals surface area contributed by atoms with Crippen LogP contribution in [-0.2, 0) is 6.54 Å². The zero-order valence-electron chi connectivity index (χ0n) is 10.3. The predicted molar refractivity (Wildman–Crippen MR) is 71.1 cm³/mol. The highest BCUT2D eigenvalue weighted by molar-refractivity contribution is 6.31. The van der Waals surface area contributed by atoms with Gasteiger partial charge in [0, 0.05) is 18.9 Å². The molecule has 1 N–H and O–H groups in total. The van der Waals surface area contributed by atoms with Crippen molar-refractivity contribution in [2.45, 2.75) is 13.5 Å². The van der Waals surface area contributed by atoms with E-state index < -0.39 is 0 Å². The quantitative estimate of drug-likeness (QED) is 0.921. The van der Waals surface area contributed by atoms with Gasteiger partial charge < -0.3 is 10.1 Å². The summed E-state index contributed by atoms with van der Waals surface area (Å²) in [5.74, 6) is 1.06. The van der Waals surface area contributed by atoms with Gasteiger partial charge in [0.05, 0.1) is 5.69 Å². The van der Waals surface area contributed by atoms with Crippen LogP contribution in [0.15, 0.2) is 30.6 Å². The molecule has 0 aliphatic heterocycles. The minimum Gasteiger partial charge on any atom is -0.436 e. The van der Waals surface area contributed by atoms with Crippen LogP contribution in [0.2, 0.25) is 5.02 Å². The van der Waals surface area contributed by atoms with Gasteiger partial charge >= 0.3 is 0 Å². The Morgan fingerprint density at radius 3 is 2.89 bits per heavy atom. The molecule has 0 radical (unpaired) electrons. The van der Waals surface area contributed by atoms with Crippen LogP contribution >= 0.6 is 11.6 Å². The fourth-order valence-corrected chi connectivity index (χ4v) is 1.75. The first-order chi connectivity index (χ1) is 8.70. The van der Waals surface area contributed by atoms with Gasteiger partial charge in [0.1, 0.15) is 5.02 Å². The molecule has 2 rings (SSSR count). The molecule has 0 aliphatic rings. The zero-order chi connectivity index (χ0) is 13.0. The van der Waals surface area contributed by atoms with Gasteiger partial charge in [-0.2, -0.15) is 0 Å². The number of hydrogen-bond donors (Lipinski definition) is 1. The fourth-order valence-electron chi connectivity index (χ4n) is 1.52. The summed E-state index contributed by atoms with van der Waals surface area (Å²) < 4.78 is 5.65. The Bertz CT molecular complexity index is 546. The van der Waals surface area contributed by atoms with E-state index in [1.54, 1.807) is 12.4 Å². The summed E-state index contributed by atoms with van der Waals surface area (Å²) in [7, 11) is 1.87. The van der Waals surface area contributed by atoms with Gasteiger partial charge in [-0.05, 0) is 37.7 Å². The monoisotopic (exact) mass is 263 g/mol. The van der Waals surface area contributed by atoms with E-state index in [2.05, 4.69) is 15.3 Å². The topological polar surface area (TPSA) is 47.0 Å². The summed E-state index contributed by atoms with van der Waals surface area (Å²) in [6.45, 7) is 2.59. The van der Waals surface area contributed by atoms with Crippen molar-refractivity contribution in [3.63, 3.8) is 0 Å². The SMILES string of the molecule is CNCc1cnc(Oc2cccnc2C)c(Cl)c1. The summed E-state index contributed by atoms with van der Waals surface area (Å²) in [5, 5.41) is 3.53. The molecule has 4 nitrogen and oxygen atoms in total. The van der Waals surface area contributed by atoms with Crippen LogP contribution in [0.25, 0.3) is 0 Å². The number of pyridine rings is 2. The summed E-state index contributed by atoms with van der Waals surface area (Å²) in [4.78, 5) is 8.36. The maximum Gasteiger partial charge on any atom is 0.238 e. The Morgan fingerprint density at radius 1 is 1.39 bits per heavy atom. The number of aryl methyl sites for hydroxylation is 1. The predicted octanol–water partition coefficient (Wildman–Crippen LogP) is 2.95. The highest BCUT2D eigenvalue weighted by atomic mass is 35.5. The second-order valence-electron chi connectivity index (χ2n) is 3.85. The number of rotatable bonds is 4. The standard InChI is InChI=1S/C13H14ClN3O/c1-9-12(4-3-5-16-9)18-13-11(14)6-10(7-15-2)8-17-13/h3-6,8,15H,7H2,1-2H3. The molecular formula is C13H14ClN3O. The molecule has 2 aromatic rings. The molecule has 0 spiro atoms. The highest BCUT2D eigenvalue weighted by Crippen LogP contribution is 2.28. The average molecular weight is 264 g/mol. The number of halogens is 1. The van der Waals surface area contributed by atoms with Crippen LogP contribution in [0.1, 0.15) is 11.3 Å². The molecule has 0 aromatic carbocycles. The van der Waals surface area contributed by atoms with Gasteiger partial charge in [-0.25, -0.2) is 4.98 Å². The van der Waals surface area contributed by atoms with Gasteiger partial charge in [-0.15, -0.1) is 0 Å². The van der Waals surface area contributed by atoms with Crippen LogP contribution in [0.5, 0.6) is 11.6 Å². The largest absolute Gasteiger partial charge is 0.436 e. The molecule has 0 saturated heterocycles. The third-order valence-corrected chi connectivity index (χ3v) is 2.68. The molecule has 5 heteroatoms. The Kier molecular flexibility index (Phi) is 4.12. The lowest BCUT2D eigenvalue weighted by molar-refractivity contribution is 0.456. The Hall–Kier alpha value is -1.65. The van der Waals surface area contributed by atoms with Crippen LogP contribution in [0.3, 0.4) is 0 Å². The third-order valence-electron chi connectivity index (χ3n) is 2.41. The van der Waals surface area contributed by atoms with Gasteiger partial charge in [-0.3, -0.25) is 4.98 Å². The Morgan fingerprint density at radius 2 is 2.22 bits per heavy atom. The lowest BCUT2D eigenvalue weighted by Gasteiger charge is -2.09. The normalized spacial score (nSPS) is 10.4. The first kappa shape index (κ1) is 12.8. The van der Waals surface area contributed by atoms with Crippen molar-refractivity contribution in [1.82, 2.24) is 15.3 Å². The number of nitrogens with one attached hydrogen (secondary N) is 1. The molecule has 2 aromatic heterocycles. The van der Waals surface area contributed by atoms with Gasteiger partial charge in [0.15, 0.2) is 5.75 Å². The minimum atomic E-state index is 0.396. The molecule has 94 valence electrons. The van der Waals surface area contributed by atoms with Gasteiger partial charge in [0.25, 0.3) is 0 Å². The van der Waals surface area contributed by atoms with Crippen molar-refractivity contribution < 1.29 is 4.74 Å². The maximum atomic E-state index is 6.13. The smallest absolute Gasteiger partial charge is 0.238 e. The average Bonchev–Trinajstić information content (AvgIpc) is 2.35. The molecule has 0 amide bonds. The van der Waals surface area contributed by atoms with Crippen LogP contribution < -0.4 is 10.1 Å². The van der Waals surface area contributed by atoms with Crippen molar-refractivity contribution in [3.05, 3.63) is 46.9 Å². The summed E-state index contributed by atoms with van der Waals surface area (Å²) in [5.41, 5.74) is 1.81. The second kappa shape index (κ2) is 5.80. The Balaban J connectivity index is 2.22. The van der Waals surface area contributed by atoms with Crippen molar-refractivity contribution in [1.29, 1.82) is 0 Å². The van der Waals surface area contributed by atoms with Crippen LogP contribution in [0, 0.1) is 6.92 Å². The summed E-state index contributed by atoms with van der Waals surface area (Å²) in [6, 6.07) is 5.49. The first-order valence-corrected chi connectivity index (χ1v) is 5.97. The number of ether oxygens (including phenoxy) is 1. The van der Waals surface area contributed by atoms with Gasteiger partial charge in [-0.1, -0.05) is 11.6 Å². The third kappa shape index (κ3) is 2.97. The van der Waals surface area contributed by atoms with E-state index >= 15 is 0 Å². The minimum absolute atomic E-state index is 0.396. The highest BCUT2D eigenvalue weighted by Gasteiger charge is 2.08. The number of nitrogens with zero attached hydrogens (tertiary/aromatic N) is 2. The van der Waals surface area contributed by atoms with Gasteiger partial charge in [0.2, 0.25) is 5.88 Å². The van der Waals surface area contributed by atoms with Crippen molar-refractivity contribution in [3.8, 4) is 11.6 Å². The molecule has 0 fully saturated rings. The Labute approximate surface area is 111 Å². The van der Waals surface area contributed by atoms with E-state index in [9.17, 15) is 0 Å². The number of hydrogen-bond acceptors (Lipinski definition) is 4. The maximum absolute atomic E-state index is 6.13. The van der Waals surface area contributed by atoms with Crippen molar-refractivity contribution in [2.75, 3.05) is 7.05 Å². The van der Waals surface area contributed by atoms with E-state index in [1.807, 2.05) is 32.2 Å². The summed E-state index contributed by atoms with van der Waals surface area (Å²) >= 11 is 6.13. The van der Waals surface area contributed by atoms with E-state index in [-0.39, 0.29) is 0 Å². The molecule has 18 heavy (non-hydrogen) atoms. The first-order valence-electron chi connectivity index (χ1n) is 5.59. The molecule has 0 bridgehead atoms. The van der Waals surface area contributed by atoms with Crippen molar-refractivity contribution in [2.24, 2.45) is 0 Å². The van der Waals surface area contributed by atoms with Crippen LogP contribution in [0.4, 0.5) is 0 Å². The second-order valence-corrected chi connectivity index (χ2v) is 4.26. The van der Waals surface area contributed by atoms with E-state index in [1.165, 1.54) is 0 Å². The number of aromatic nitrogens is 2. The van der Waals surface area contributed by atoms with Crippen LogP contribution in [-0.4, -0.2) is 17.0 Å². The van der Waals surface area contributed by atoms with E-state index in [0.717, 1.165) is 17.8 Å². The molecule has 0 atom stereocenters. The lowest BCUT2D eigenvalue weighted by Crippen LogP contribution is -2.05. The molecule has 0 saturated carbocycles. The van der Waals surface area contributed by atoms with E-state index in [0.29, 0.717) is 16.7 Å². The van der Waals surface area contributed by atoms with E-state index in [4.69, 9.17) is 16.3 Å². The fraction of sp³-hybridized carbons (Fsp3) is 0.231. The summed E-state index contributed by atoms with van der Waals surface area (Å²) in [6.07, 6.45) is 3.46. The molecule has 0 aliphatic carbocycles. The lowest BCUT2D eigenvalue weighted by atomic mass is 10.3. The molecule has 0 unspecified atom stereocenters. The van der Waals surface area contributed by atoms with Crippen molar-refractivity contribution >= 4 is 11.6 Å². The zero-order valence-corrected chi connectivity index (χ0v) is 11.0. The molecule has 2 heterocycles. The molecular weight excluding hydrogens is 250 g/mol.